The van der Waals surface area contributed by atoms with Crippen LogP contribution in [-0.4, -0.2) is 17.0 Å². The fourth-order valence-corrected chi connectivity index (χ4v) is 2.71. The molecule has 0 bridgehead atoms. The first kappa shape index (κ1) is 14.6. The Morgan fingerprint density at radius 3 is 2.50 bits per heavy atom. The van der Waals surface area contributed by atoms with Gasteiger partial charge in [-0.2, -0.15) is 0 Å². The van der Waals surface area contributed by atoms with E-state index in [1.54, 1.807) is 6.08 Å². The van der Waals surface area contributed by atoms with Crippen molar-refractivity contribution in [2.24, 2.45) is 0 Å². The molecule has 0 spiro atoms. The molecule has 20 heavy (non-hydrogen) atoms. The van der Waals surface area contributed by atoms with Gasteiger partial charge < -0.3 is 9.88 Å². The van der Waals surface area contributed by atoms with Gasteiger partial charge in [0.25, 0.3) is 5.91 Å². The zero-order chi connectivity index (χ0) is 14.7. The van der Waals surface area contributed by atoms with Crippen LogP contribution in [0.2, 0.25) is 0 Å². The molecular weight excluding hydrogens is 316 g/mol. The third-order valence-electron chi connectivity index (χ3n) is 3.13. The van der Waals surface area contributed by atoms with Crippen LogP contribution in [0.1, 0.15) is 21.7 Å². The van der Waals surface area contributed by atoms with E-state index in [1.165, 1.54) is 11.4 Å². The fourth-order valence-electron chi connectivity index (χ4n) is 2.16. The van der Waals surface area contributed by atoms with E-state index >= 15 is 0 Å². The van der Waals surface area contributed by atoms with Gasteiger partial charge in [-0.3, -0.25) is 4.79 Å². The third-order valence-corrected chi connectivity index (χ3v) is 3.79. The zero-order valence-electron chi connectivity index (χ0n) is 11.6. The van der Waals surface area contributed by atoms with Crippen molar-refractivity contribution in [1.82, 2.24) is 9.88 Å². The summed E-state index contributed by atoms with van der Waals surface area (Å²) in [6, 6.07) is 9.90. The number of nitrogens with one attached hydrogen (secondary N) is 1. The lowest BCUT2D eigenvalue weighted by Gasteiger charge is -2.12. The fraction of sp³-hybridized carbons (Fsp3) is 0.188. The first-order valence-corrected chi connectivity index (χ1v) is 7.18. The van der Waals surface area contributed by atoms with Crippen LogP contribution >= 0.6 is 15.9 Å². The molecule has 1 amide bonds. The number of nitrogens with zero attached hydrogens (tertiary/aromatic N) is 1. The molecule has 2 rings (SSSR count). The van der Waals surface area contributed by atoms with E-state index in [0.717, 1.165) is 10.2 Å². The number of hydrogen-bond donors (Lipinski definition) is 1. The van der Waals surface area contributed by atoms with Crippen LogP contribution in [0.25, 0.3) is 5.69 Å². The highest BCUT2D eigenvalue weighted by Gasteiger charge is 2.11. The first-order chi connectivity index (χ1) is 9.54. The van der Waals surface area contributed by atoms with Gasteiger partial charge in [0.2, 0.25) is 0 Å². The minimum atomic E-state index is -0.107. The number of benzene rings is 1. The van der Waals surface area contributed by atoms with Crippen molar-refractivity contribution in [3.63, 3.8) is 0 Å². The molecule has 1 aromatic heterocycles. The summed E-state index contributed by atoms with van der Waals surface area (Å²) in [5, 5.41) is 2.77. The summed E-state index contributed by atoms with van der Waals surface area (Å²) in [6.45, 7) is 8.17. The van der Waals surface area contributed by atoms with Crippen molar-refractivity contribution < 1.29 is 4.79 Å². The molecule has 4 heteroatoms. The maximum Gasteiger partial charge on any atom is 0.252 e. The molecule has 1 N–H and O–H groups in total. The van der Waals surface area contributed by atoms with Gasteiger partial charge in [0.05, 0.1) is 5.56 Å². The smallest absolute Gasteiger partial charge is 0.252 e. The van der Waals surface area contributed by atoms with E-state index in [2.05, 4.69) is 58.4 Å². The molecule has 1 aromatic carbocycles. The Hall–Kier alpha value is -1.81. The average Bonchev–Trinajstić information content (AvgIpc) is 2.75. The Kier molecular flexibility index (Phi) is 4.45. The van der Waals surface area contributed by atoms with Crippen molar-refractivity contribution in [3.05, 3.63) is 64.4 Å². The SMILES string of the molecule is C=CCNC(=O)c1ccc(-n2c(C)ccc2C)cc1Br. The average molecular weight is 333 g/mol. The van der Waals surface area contributed by atoms with E-state index in [0.29, 0.717) is 12.1 Å². The standard InChI is InChI=1S/C16H17BrN2O/c1-4-9-18-16(20)14-8-7-13(10-15(14)17)19-11(2)5-6-12(19)3/h4-8,10H,1,9H2,2-3H3,(H,18,20). The normalized spacial score (nSPS) is 10.3. The summed E-state index contributed by atoms with van der Waals surface area (Å²) in [5.41, 5.74) is 3.99. The summed E-state index contributed by atoms with van der Waals surface area (Å²) < 4.78 is 2.93. The molecule has 0 fully saturated rings. The lowest BCUT2D eigenvalue weighted by Crippen LogP contribution is -2.23. The topological polar surface area (TPSA) is 34.0 Å². The molecule has 104 valence electrons. The van der Waals surface area contributed by atoms with Crippen LogP contribution < -0.4 is 5.32 Å². The van der Waals surface area contributed by atoms with Gasteiger partial charge in [0.1, 0.15) is 0 Å². The summed E-state index contributed by atoms with van der Waals surface area (Å²) in [4.78, 5) is 12.0. The zero-order valence-corrected chi connectivity index (χ0v) is 13.2. The maximum absolute atomic E-state index is 12.0. The third kappa shape index (κ3) is 2.85. The number of halogens is 1. The number of hydrogen-bond acceptors (Lipinski definition) is 1. The van der Waals surface area contributed by atoms with E-state index in [4.69, 9.17) is 0 Å². The molecule has 0 saturated carbocycles. The molecule has 3 nitrogen and oxygen atoms in total. The predicted molar refractivity (Wildman–Crippen MR) is 85.5 cm³/mol. The maximum atomic E-state index is 12.0. The van der Waals surface area contributed by atoms with E-state index in [9.17, 15) is 4.79 Å². The monoisotopic (exact) mass is 332 g/mol. The second-order valence-corrected chi connectivity index (χ2v) is 5.47. The molecular formula is C16H17BrN2O. The number of aryl methyl sites for hydroxylation is 2. The van der Waals surface area contributed by atoms with Crippen molar-refractivity contribution >= 4 is 21.8 Å². The highest BCUT2D eigenvalue weighted by molar-refractivity contribution is 9.10. The van der Waals surface area contributed by atoms with E-state index in [1.807, 2.05) is 18.2 Å². The molecule has 0 unspecified atom stereocenters. The Morgan fingerprint density at radius 2 is 1.95 bits per heavy atom. The lowest BCUT2D eigenvalue weighted by atomic mass is 10.2. The summed E-state index contributed by atoms with van der Waals surface area (Å²) >= 11 is 3.47. The highest BCUT2D eigenvalue weighted by atomic mass is 79.9. The van der Waals surface area contributed by atoms with Gasteiger partial charge in [0, 0.05) is 28.1 Å². The van der Waals surface area contributed by atoms with Crippen LogP contribution in [0.3, 0.4) is 0 Å². The largest absolute Gasteiger partial charge is 0.349 e. The van der Waals surface area contributed by atoms with Crippen LogP contribution in [0.5, 0.6) is 0 Å². The van der Waals surface area contributed by atoms with Crippen LogP contribution in [0, 0.1) is 13.8 Å². The van der Waals surface area contributed by atoms with Crippen molar-refractivity contribution in [1.29, 1.82) is 0 Å². The quantitative estimate of drug-likeness (QED) is 0.849. The van der Waals surface area contributed by atoms with Gasteiger partial charge >= 0.3 is 0 Å². The summed E-state index contributed by atoms with van der Waals surface area (Å²) in [5.74, 6) is -0.107. The Balaban J connectivity index is 2.35. The minimum Gasteiger partial charge on any atom is -0.349 e. The van der Waals surface area contributed by atoms with Gasteiger partial charge in [-0.1, -0.05) is 6.08 Å². The highest BCUT2D eigenvalue weighted by Crippen LogP contribution is 2.23. The van der Waals surface area contributed by atoms with Gasteiger partial charge in [-0.05, 0) is 60.1 Å². The summed E-state index contributed by atoms with van der Waals surface area (Å²) in [7, 11) is 0. The number of rotatable bonds is 4. The molecule has 0 aliphatic rings. The van der Waals surface area contributed by atoms with Gasteiger partial charge in [0.15, 0.2) is 0 Å². The Bertz CT molecular complexity index is 639. The van der Waals surface area contributed by atoms with Crippen molar-refractivity contribution in [3.8, 4) is 5.69 Å². The van der Waals surface area contributed by atoms with E-state index < -0.39 is 0 Å². The predicted octanol–water partition coefficient (Wildman–Crippen LogP) is 3.77. The number of amides is 1. The number of carbonyl (C=O) groups excluding carboxylic acids is 1. The molecule has 0 radical (unpaired) electrons. The first-order valence-electron chi connectivity index (χ1n) is 6.38. The number of carbonyl (C=O) groups is 1. The molecule has 2 aromatic rings. The van der Waals surface area contributed by atoms with Crippen LogP contribution in [-0.2, 0) is 0 Å². The van der Waals surface area contributed by atoms with Crippen LogP contribution in [0.4, 0.5) is 0 Å². The summed E-state index contributed by atoms with van der Waals surface area (Å²) in [6.07, 6.45) is 1.66. The second-order valence-electron chi connectivity index (χ2n) is 4.61. The molecule has 0 atom stereocenters. The van der Waals surface area contributed by atoms with Crippen molar-refractivity contribution in [2.45, 2.75) is 13.8 Å². The Labute approximate surface area is 127 Å². The van der Waals surface area contributed by atoms with Gasteiger partial charge in [-0.15, -0.1) is 6.58 Å². The lowest BCUT2D eigenvalue weighted by molar-refractivity contribution is 0.0957. The molecule has 0 saturated heterocycles. The molecule has 0 aliphatic carbocycles. The van der Waals surface area contributed by atoms with Crippen LogP contribution in [0.15, 0.2) is 47.5 Å². The molecule has 1 heterocycles. The second kappa shape index (κ2) is 6.09. The van der Waals surface area contributed by atoms with Gasteiger partial charge in [-0.25, -0.2) is 0 Å². The minimum absolute atomic E-state index is 0.107. The molecule has 0 aliphatic heterocycles. The van der Waals surface area contributed by atoms with E-state index in [-0.39, 0.29) is 5.91 Å². The Morgan fingerprint density at radius 1 is 1.30 bits per heavy atom. The number of aromatic nitrogens is 1. The van der Waals surface area contributed by atoms with Crippen molar-refractivity contribution in [2.75, 3.05) is 6.54 Å².